The van der Waals surface area contributed by atoms with E-state index >= 15 is 0 Å². The van der Waals surface area contributed by atoms with Crippen LogP contribution >= 0.6 is 0 Å². The van der Waals surface area contributed by atoms with Gasteiger partial charge in [-0.05, 0) is 61.4 Å². The molecule has 1 aromatic heterocycles. The van der Waals surface area contributed by atoms with Crippen molar-refractivity contribution in [1.29, 1.82) is 0 Å². The molecule has 0 atom stereocenters. The number of rotatable bonds is 5. The molecule has 1 N–H and O–H groups in total. The summed E-state index contributed by atoms with van der Waals surface area (Å²) in [5, 5.41) is 11.3. The lowest BCUT2D eigenvalue weighted by atomic mass is 9.95. The summed E-state index contributed by atoms with van der Waals surface area (Å²) >= 11 is 0. The molecule has 6 nitrogen and oxygen atoms in total. The summed E-state index contributed by atoms with van der Waals surface area (Å²) in [5.41, 5.74) is 1.98. The third kappa shape index (κ3) is 4.79. The van der Waals surface area contributed by atoms with Gasteiger partial charge in [-0.1, -0.05) is 0 Å². The second kappa shape index (κ2) is 9.07. The average Bonchev–Trinajstić information content (AvgIpc) is 2.82. The largest absolute Gasteiger partial charge is 0.497 e. The molecule has 0 bridgehead atoms. The molecule has 0 spiro atoms. The molecule has 160 valence electrons. The normalized spacial score (nSPS) is 14.4. The van der Waals surface area contributed by atoms with Crippen LogP contribution in [0.3, 0.4) is 0 Å². The molecule has 4 rings (SSSR count). The number of halogens is 2. The highest BCUT2D eigenvalue weighted by Crippen LogP contribution is 2.25. The number of nitrogens with zero attached hydrogens (tertiary/aromatic N) is 3. The van der Waals surface area contributed by atoms with Crippen molar-refractivity contribution in [2.45, 2.75) is 12.8 Å². The summed E-state index contributed by atoms with van der Waals surface area (Å²) in [4.78, 5) is 14.6. The van der Waals surface area contributed by atoms with E-state index in [1.807, 2.05) is 36.4 Å². The van der Waals surface area contributed by atoms with Crippen molar-refractivity contribution < 1.29 is 18.3 Å². The Morgan fingerprint density at radius 2 is 1.74 bits per heavy atom. The third-order valence-corrected chi connectivity index (χ3v) is 5.41. The van der Waals surface area contributed by atoms with Crippen LogP contribution in [0.25, 0.3) is 11.3 Å². The number of anilines is 2. The second-order valence-corrected chi connectivity index (χ2v) is 7.38. The highest BCUT2D eigenvalue weighted by atomic mass is 19.2. The molecule has 2 aromatic carbocycles. The Morgan fingerprint density at radius 3 is 2.35 bits per heavy atom. The van der Waals surface area contributed by atoms with Crippen LogP contribution in [0.5, 0.6) is 5.75 Å². The van der Waals surface area contributed by atoms with Crippen LogP contribution < -0.4 is 15.0 Å². The molecule has 0 aliphatic carbocycles. The minimum atomic E-state index is -0.982. The molecular weight excluding hydrogens is 402 g/mol. The van der Waals surface area contributed by atoms with Crippen molar-refractivity contribution in [2.24, 2.45) is 5.92 Å². The lowest BCUT2D eigenvalue weighted by Gasteiger charge is -2.31. The first-order valence-corrected chi connectivity index (χ1v) is 10.0. The zero-order chi connectivity index (χ0) is 21.8. The van der Waals surface area contributed by atoms with E-state index in [1.54, 1.807) is 7.11 Å². The van der Waals surface area contributed by atoms with Crippen molar-refractivity contribution in [3.8, 4) is 17.0 Å². The first-order valence-electron chi connectivity index (χ1n) is 10.0. The number of hydrogen-bond acceptors (Lipinski definition) is 5. The lowest BCUT2D eigenvalue weighted by molar-refractivity contribution is -0.120. The molecule has 1 saturated heterocycles. The van der Waals surface area contributed by atoms with Crippen LogP contribution in [-0.2, 0) is 4.79 Å². The Bertz CT molecular complexity index is 1050. The maximum absolute atomic E-state index is 13.3. The van der Waals surface area contributed by atoms with E-state index in [4.69, 9.17) is 4.74 Å². The average molecular weight is 424 g/mol. The van der Waals surface area contributed by atoms with E-state index in [0.717, 1.165) is 35.0 Å². The third-order valence-electron chi connectivity index (χ3n) is 5.41. The molecule has 8 heteroatoms. The number of piperidine rings is 1. The monoisotopic (exact) mass is 424 g/mol. The molecule has 0 unspecified atom stereocenters. The summed E-state index contributed by atoms with van der Waals surface area (Å²) in [6.07, 6.45) is 1.27. The molecular formula is C23H22F2N4O2. The molecule has 2 heterocycles. The van der Waals surface area contributed by atoms with Crippen LogP contribution in [0, 0.1) is 17.6 Å². The molecule has 1 amide bonds. The Hall–Kier alpha value is -3.55. The van der Waals surface area contributed by atoms with Gasteiger partial charge in [0.2, 0.25) is 5.91 Å². The minimum absolute atomic E-state index is 0.188. The van der Waals surface area contributed by atoms with Gasteiger partial charge in [0.15, 0.2) is 17.5 Å². The molecule has 0 radical (unpaired) electrons. The van der Waals surface area contributed by atoms with Gasteiger partial charge in [0, 0.05) is 36.3 Å². The van der Waals surface area contributed by atoms with Gasteiger partial charge < -0.3 is 15.0 Å². The van der Waals surface area contributed by atoms with Crippen molar-refractivity contribution in [2.75, 3.05) is 30.4 Å². The van der Waals surface area contributed by atoms with E-state index in [2.05, 4.69) is 20.4 Å². The highest BCUT2D eigenvalue weighted by molar-refractivity contribution is 5.92. The molecule has 1 aliphatic heterocycles. The summed E-state index contributed by atoms with van der Waals surface area (Å²) in [6.45, 7) is 1.32. The molecule has 1 fully saturated rings. The van der Waals surface area contributed by atoms with E-state index in [9.17, 15) is 13.6 Å². The first-order chi connectivity index (χ1) is 15.0. The SMILES string of the molecule is COc1ccc(-c2ccc(N3CCC(C(=O)Nc4ccc(F)c(F)c4)CC3)nn2)cc1. The zero-order valence-electron chi connectivity index (χ0n) is 17.0. The van der Waals surface area contributed by atoms with Gasteiger partial charge in [0.1, 0.15) is 5.75 Å². The Morgan fingerprint density at radius 1 is 1.00 bits per heavy atom. The fourth-order valence-electron chi connectivity index (χ4n) is 3.60. The quantitative estimate of drug-likeness (QED) is 0.662. The zero-order valence-corrected chi connectivity index (χ0v) is 17.0. The van der Waals surface area contributed by atoms with Crippen molar-refractivity contribution in [3.05, 3.63) is 66.2 Å². The van der Waals surface area contributed by atoms with Gasteiger partial charge in [0.05, 0.1) is 12.8 Å². The predicted molar refractivity (Wildman–Crippen MR) is 114 cm³/mol. The van der Waals surface area contributed by atoms with Crippen LogP contribution in [-0.4, -0.2) is 36.3 Å². The number of amides is 1. The first kappa shape index (κ1) is 20.7. The Kier molecular flexibility index (Phi) is 6.06. The van der Waals surface area contributed by atoms with Gasteiger partial charge in [-0.15, -0.1) is 10.2 Å². The van der Waals surface area contributed by atoms with Gasteiger partial charge >= 0.3 is 0 Å². The minimum Gasteiger partial charge on any atom is -0.497 e. The number of hydrogen-bond donors (Lipinski definition) is 1. The van der Waals surface area contributed by atoms with Gasteiger partial charge in [0.25, 0.3) is 0 Å². The van der Waals surface area contributed by atoms with Crippen LogP contribution in [0.2, 0.25) is 0 Å². The van der Waals surface area contributed by atoms with Gasteiger partial charge in [-0.2, -0.15) is 0 Å². The number of ether oxygens (including phenoxy) is 1. The number of carbonyl (C=O) groups is 1. The fourth-order valence-corrected chi connectivity index (χ4v) is 3.60. The Labute approximate surface area is 178 Å². The summed E-state index contributed by atoms with van der Waals surface area (Å²) in [7, 11) is 1.62. The van der Waals surface area contributed by atoms with E-state index in [0.29, 0.717) is 25.9 Å². The molecule has 3 aromatic rings. The Balaban J connectivity index is 1.33. The van der Waals surface area contributed by atoms with Crippen LogP contribution in [0.15, 0.2) is 54.6 Å². The summed E-state index contributed by atoms with van der Waals surface area (Å²) < 4.78 is 31.5. The van der Waals surface area contributed by atoms with Crippen molar-refractivity contribution in [3.63, 3.8) is 0 Å². The topological polar surface area (TPSA) is 67.3 Å². The smallest absolute Gasteiger partial charge is 0.227 e. The summed E-state index contributed by atoms with van der Waals surface area (Å²) in [5.74, 6) is -0.765. The number of carbonyl (C=O) groups excluding carboxylic acids is 1. The van der Waals surface area contributed by atoms with E-state index in [-0.39, 0.29) is 17.5 Å². The molecule has 31 heavy (non-hydrogen) atoms. The fraction of sp³-hybridized carbons (Fsp3) is 0.261. The molecule has 1 aliphatic rings. The number of methoxy groups -OCH3 is 1. The maximum Gasteiger partial charge on any atom is 0.227 e. The number of benzene rings is 2. The van der Waals surface area contributed by atoms with E-state index in [1.165, 1.54) is 6.07 Å². The standard InChI is InChI=1S/C23H22F2N4O2/c1-31-18-5-2-15(3-6-18)21-8-9-22(28-27-21)29-12-10-16(11-13-29)23(30)26-17-4-7-19(24)20(25)14-17/h2-9,14,16H,10-13H2,1H3,(H,26,30). The van der Waals surface area contributed by atoms with Gasteiger partial charge in [-0.3, -0.25) is 4.79 Å². The molecule has 0 saturated carbocycles. The van der Waals surface area contributed by atoms with Gasteiger partial charge in [-0.25, -0.2) is 8.78 Å². The highest BCUT2D eigenvalue weighted by Gasteiger charge is 2.26. The second-order valence-electron chi connectivity index (χ2n) is 7.38. The number of aromatic nitrogens is 2. The van der Waals surface area contributed by atoms with Crippen molar-refractivity contribution in [1.82, 2.24) is 10.2 Å². The maximum atomic E-state index is 13.3. The summed E-state index contributed by atoms with van der Waals surface area (Å²) in [6, 6.07) is 14.8. The number of nitrogens with one attached hydrogen (secondary N) is 1. The van der Waals surface area contributed by atoms with Crippen molar-refractivity contribution >= 4 is 17.4 Å². The predicted octanol–water partition coefficient (Wildman–Crippen LogP) is 4.29. The van der Waals surface area contributed by atoms with E-state index < -0.39 is 11.6 Å². The van der Waals surface area contributed by atoms with Crippen LogP contribution in [0.4, 0.5) is 20.3 Å². The lowest BCUT2D eigenvalue weighted by Crippen LogP contribution is -2.38. The van der Waals surface area contributed by atoms with Crippen LogP contribution in [0.1, 0.15) is 12.8 Å².